The zero-order chi connectivity index (χ0) is 17.0. The minimum Gasteiger partial charge on any atom is -0.338 e. The van der Waals surface area contributed by atoms with Gasteiger partial charge in [-0.05, 0) is 50.4 Å². The van der Waals surface area contributed by atoms with Gasteiger partial charge in [0.05, 0.1) is 5.41 Å². The lowest BCUT2D eigenvalue weighted by molar-refractivity contribution is -0.128. The van der Waals surface area contributed by atoms with Crippen LogP contribution in [0.15, 0.2) is 24.3 Å². The first-order valence-corrected chi connectivity index (χ1v) is 8.81. The molecule has 0 unspecified atom stereocenters. The molecule has 3 rings (SSSR count). The third-order valence-electron chi connectivity index (χ3n) is 5.21. The Labute approximate surface area is 142 Å². The summed E-state index contributed by atoms with van der Waals surface area (Å²) in [6.45, 7) is 4.14. The zero-order valence-electron chi connectivity index (χ0n) is 14.2. The van der Waals surface area contributed by atoms with Crippen LogP contribution in [0.3, 0.4) is 0 Å². The van der Waals surface area contributed by atoms with E-state index in [0.717, 1.165) is 38.0 Å². The van der Waals surface area contributed by atoms with E-state index in [9.17, 15) is 9.59 Å². The molecule has 1 aliphatic carbocycles. The summed E-state index contributed by atoms with van der Waals surface area (Å²) in [4.78, 5) is 24.6. The molecular formula is C18H26N4O2. The van der Waals surface area contributed by atoms with E-state index in [1.807, 2.05) is 25.1 Å². The van der Waals surface area contributed by atoms with Crippen LogP contribution in [-0.4, -0.2) is 31.6 Å². The SMILES string of the molecule is CCNC(=O)Nc1cccc(NC(=O)[C@@]23CCCC[C@H]2CNC3)c1. The lowest BCUT2D eigenvalue weighted by Gasteiger charge is -2.37. The van der Waals surface area contributed by atoms with Crippen molar-refractivity contribution in [2.24, 2.45) is 11.3 Å². The Balaban J connectivity index is 1.69. The molecule has 1 aromatic rings. The normalized spacial score (nSPS) is 25.6. The summed E-state index contributed by atoms with van der Waals surface area (Å²) in [5.74, 6) is 0.537. The molecule has 3 amide bonds. The van der Waals surface area contributed by atoms with Crippen LogP contribution in [0.1, 0.15) is 32.6 Å². The van der Waals surface area contributed by atoms with Gasteiger partial charge in [0.15, 0.2) is 0 Å². The van der Waals surface area contributed by atoms with Gasteiger partial charge >= 0.3 is 6.03 Å². The summed E-state index contributed by atoms with van der Waals surface area (Å²) < 4.78 is 0. The van der Waals surface area contributed by atoms with Crippen LogP contribution in [0.25, 0.3) is 0 Å². The van der Waals surface area contributed by atoms with Crippen LogP contribution in [0.4, 0.5) is 16.2 Å². The highest BCUT2D eigenvalue weighted by molar-refractivity contribution is 5.97. The molecule has 6 nitrogen and oxygen atoms in total. The van der Waals surface area contributed by atoms with Crippen LogP contribution in [0.5, 0.6) is 0 Å². The molecule has 130 valence electrons. The van der Waals surface area contributed by atoms with Crippen molar-refractivity contribution >= 4 is 23.3 Å². The molecule has 1 aromatic carbocycles. The molecule has 2 atom stereocenters. The highest BCUT2D eigenvalue weighted by Crippen LogP contribution is 2.44. The van der Waals surface area contributed by atoms with Crippen LogP contribution < -0.4 is 21.3 Å². The first-order valence-electron chi connectivity index (χ1n) is 8.81. The minimum absolute atomic E-state index is 0.104. The average molecular weight is 330 g/mol. The van der Waals surface area contributed by atoms with E-state index in [-0.39, 0.29) is 17.4 Å². The molecular weight excluding hydrogens is 304 g/mol. The van der Waals surface area contributed by atoms with Crippen molar-refractivity contribution in [3.8, 4) is 0 Å². The molecule has 1 saturated heterocycles. The van der Waals surface area contributed by atoms with Gasteiger partial charge in [-0.3, -0.25) is 4.79 Å². The van der Waals surface area contributed by atoms with Gasteiger partial charge in [0, 0.05) is 24.5 Å². The minimum atomic E-state index is -0.277. The highest BCUT2D eigenvalue weighted by atomic mass is 16.2. The van der Waals surface area contributed by atoms with Crippen molar-refractivity contribution < 1.29 is 9.59 Å². The number of benzene rings is 1. The molecule has 0 radical (unpaired) electrons. The van der Waals surface area contributed by atoms with Crippen LogP contribution >= 0.6 is 0 Å². The molecule has 0 bridgehead atoms. The number of carbonyl (C=O) groups excluding carboxylic acids is 2. The van der Waals surface area contributed by atoms with E-state index in [2.05, 4.69) is 21.3 Å². The van der Waals surface area contributed by atoms with Crippen LogP contribution in [-0.2, 0) is 4.79 Å². The predicted octanol–water partition coefficient (Wildman–Crippen LogP) is 2.55. The second-order valence-corrected chi connectivity index (χ2v) is 6.75. The quantitative estimate of drug-likeness (QED) is 0.685. The highest BCUT2D eigenvalue weighted by Gasteiger charge is 2.49. The van der Waals surface area contributed by atoms with Crippen LogP contribution in [0.2, 0.25) is 0 Å². The molecule has 24 heavy (non-hydrogen) atoms. The number of fused-ring (bicyclic) bond motifs is 1. The molecule has 0 aromatic heterocycles. The van der Waals surface area contributed by atoms with Crippen molar-refractivity contribution in [2.45, 2.75) is 32.6 Å². The van der Waals surface area contributed by atoms with Crippen molar-refractivity contribution in [3.63, 3.8) is 0 Å². The Morgan fingerprint density at radius 2 is 2.04 bits per heavy atom. The van der Waals surface area contributed by atoms with E-state index in [0.29, 0.717) is 18.2 Å². The molecule has 2 aliphatic rings. The predicted molar refractivity (Wildman–Crippen MR) is 95.0 cm³/mol. The lowest BCUT2D eigenvalue weighted by atomic mass is 9.67. The Morgan fingerprint density at radius 1 is 1.25 bits per heavy atom. The Kier molecular flexibility index (Phi) is 5.04. The largest absolute Gasteiger partial charge is 0.338 e. The first-order chi connectivity index (χ1) is 11.6. The molecule has 4 N–H and O–H groups in total. The maximum atomic E-state index is 13.0. The monoisotopic (exact) mass is 330 g/mol. The molecule has 1 aliphatic heterocycles. The summed E-state index contributed by atoms with van der Waals surface area (Å²) in [5.41, 5.74) is 1.11. The Morgan fingerprint density at radius 3 is 2.83 bits per heavy atom. The average Bonchev–Trinajstić information content (AvgIpc) is 3.00. The number of hydrogen-bond donors (Lipinski definition) is 4. The van der Waals surface area contributed by atoms with Gasteiger partial charge in [-0.2, -0.15) is 0 Å². The number of hydrogen-bond acceptors (Lipinski definition) is 3. The fraction of sp³-hybridized carbons (Fsp3) is 0.556. The summed E-state index contributed by atoms with van der Waals surface area (Å²) >= 11 is 0. The Hall–Kier alpha value is -2.08. The van der Waals surface area contributed by atoms with Gasteiger partial charge in [-0.1, -0.05) is 18.9 Å². The number of anilines is 2. The second-order valence-electron chi connectivity index (χ2n) is 6.75. The molecule has 1 heterocycles. The number of rotatable bonds is 4. The van der Waals surface area contributed by atoms with E-state index in [1.165, 1.54) is 6.42 Å². The first kappa shape index (κ1) is 16.8. The zero-order valence-corrected chi connectivity index (χ0v) is 14.2. The molecule has 2 fully saturated rings. The van der Waals surface area contributed by atoms with Gasteiger partial charge in [0.1, 0.15) is 0 Å². The number of carbonyl (C=O) groups is 2. The maximum Gasteiger partial charge on any atom is 0.319 e. The maximum absolute atomic E-state index is 13.0. The van der Waals surface area contributed by atoms with Crippen molar-refractivity contribution in [1.29, 1.82) is 0 Å². The smallest absolute Gasteiger partial charge is 0.319 e. The van der Waals surface area contributed by atoms with Crippen molar-refractivity contribution in [1.82, 2.24) is 10.6 Å². The van der Waals surface area contributed by atoms with E-state index >= 15 is 0 Å². The number of nitrogens with one attached hydrogen (secondary N) is 4. The van der Waals surface area contributed by atoms with Gasteiger partial charge in [0.2, 0.25) is 5.91 Å². The number of amides is 3. The van der Waals surface area contributed by atoms with E-state index < -0.39 is 0 Å². The molecule has 1 saturated carbocycles. The van der Waals surface area contributed by atoms with Gasteiger partial charge < -0.3 is 21.3 Å². The standard InChI is InChI=1S/C18H26N4O2/c1-2-20-17(24)22-15-8-5-7-14(10-15)21-16(23)18-9-4-3-6-13(18)11-19-12-18/h5,7-8,10,13,19H,2-4,6,9,11-12H2,1H3,(H,21,23)(H2,20,22,24)/t13-,18+/m0/s1. The lowest BCUT2D eigenvalue weighted by Crippen LogP contribution is -2.44. The summed E-state index contributed by atoms with van der Waals surface area (Å²) in [7, 11) is 0. The third kappa shape index (κ3) is 3.38. The van der Waals surface area contributed by atoms with Gasteiger partial charge in [-0.15, -0.1) is 0 Å². The van der Waals surface area contributed by atoms with Gasteiger partial charge in [-0.25, -0.2) is 4.79 Å². The Bertz CT molecular complexity index is 619. The molecule has 0 spiro atoms. The fourth-order valence-corrected chi connectivity index (χ4v) is 3.96. The number of urea groups is 1. The summed E-state index contributed by atoms with van der Waals surface area (Å²) in [5, 5.41) is 11.9. The van der Waals surface area contributed by atoms with Crippen molar-refractivity contribution in [2.75, 3.05) is 30.3 Å². The topological polar surface area (TPSA) is 82.3 Å². The van der Waals surface area contributed by atoms with Crippen LogP contribution in [0, 0.1) is 11.3 Å². The molecule has 6 heteroatoms. The summed E-state index contributed by atoms with van der Waals surface area (Å²) in [6, 6.07) is 7.05. The van der Waals surface area contributed by atoms with Gasteiger partial charge in [0.25, 0.3) is 0 Å². The van der Waals surface area contributed by atoms with E-state index in [4.69, 9.17) is 0 Å². The van der Waals surface area contributed by atoms with Crippen molar-refractivity contribution in [3.05, 3.63) is 24.3 Å². The fourth-order valence-electron chi connectivity index (χ4n) is 3.96. The third-order valence-corrected chi connectivity index (χ3v) is 5.21. The second kappa shape index (κ2) is 7.21. The van der Waals surface area contributed by atoms with E-state index in [1.54, 1.807) is 6.07 Å². The summed E-state index contributed by atoms with van der Waals surface area (Å²) in [6.07, 6.45) is 4.41.